The summed E-state index contributed by atoms with van der Waals surface area (Å²) >= 11 is 0. The van der Waals surface area contributed by atoms with Gasteiger partial charge in [-0.05, 0) is 31.9 Å². The predicted octanol–water partition coefficient (Wildman–Crippen LogP) is 3.63. The highest BCUT2D eigenvalue weighted by molar-refractivity contribution is 6.25. The number of Topliss-reactive ketones (excluding diaryl/α,β-unsaturated/α-hetero) is 1. The van der Waals surface area contributed by atoms with Gasteiger partial charge in [-0.15, -0.1) is 12.4 Å². The molecule has 0 saturated heterocycles. The Bertz CT molecular complexity index is 561. The third-order valence-electron chi connectivity index (χ3n) is 3.24. The normalized spacial score (nSPS) is 17.8. The maximum Gasteiger partial charge on any atom is 0.166 e. The maximum atomic E-state index is 12.0. The van der Waals surface area contributed by atoms with Crippen molar-refractivity contribution in [3.8, 4) is 0 Å². The van der Waals surface area contributed by atoms with E-state index < -0.39 is 0 Å². The van der Waals surface area contributed by atoms with Crippen LogP contribution in [0.2, 0.25) is 0 Å². The fraction of sp³-hybridized carbons (Fsp3) is 0.286. The van der Waals surface area contributed by atoms with Crippen LogP contribution in [0.3, 0.4) is 0 Å². The van der Waals surface area contributed by atoms with Crippen molar-refractivity contribution in [3.63, 3.8) is 0 Å². The molecule has 1 aliphatic carbocycles. The Hall–Kier alpha value is -1.61. The lowest BCUT2D eigenvalue weighted by molar-refractivity contribution is -0.115. The minimum absolute atomic E-state index is 0. The van der Waals surface area contributed by atoms with Gasteiger partial charge >= 0.3 is 0 Å². The van der Waals surface area contributed by atoms with Gasteiger partial charge in [-0.1, -0.05) is 12.1 Å². The van der Waals surface area contributed by atoms with Gasteiger partial charge in [-0.25, -0.2) is 0 Å². The van der Waals surface area contributed by atoms with Crippen LogP contribution in [0.4, 0.5) is 11.4 Å². The standard InChI is InChI=1S/C14H14N2O.ClH/c1-9-14-12(7-4-8-13(14)17)16-11-6-3-2-5-10(11)15-9;/h2-3,5-6,15H,4,7-8H2,1H3;1H. The Morgan fingerprint density at radius 3 is 2.83 bits per heavy atom. The molecule has 0 radical (unpaired) electrons. The molecule has 1 aromatic carbocycles. The van der Waals surface area contributed by atoms with Crippen LogP contribution in [0.5, 0.6) is 0 Å². The quantitative estimate of drug-likeness (QED) is 0.776. The number of rotatable bonds is 0. The maximum absolute atomic E-state index is 12.0. The molecule has 18 heavy (non-hydrogen) atoms. The average Bonchev–Trinajstić information content (AvgIpc) is 2.45. The topological polar surface area (TPSA) is 41.5 Å². The van der Waals surface area contributed by atoms with E-state index >= 15 is 0 Å². The van der Waals surface area contributed by atoms with Crippen molar-refractivity contribution in [2.75, 3.05) is 5.32 Å². The Kier molecular flexibility index (Phi) is 3.53. The van der Waals surface area contributed by atoms with E-state index in [1.54, 1.807) is 0 Å². The monoisotopic (exact) mass is 262 g/mol. The smallest absolute Gasteiger partial charge is 0.166 e. The summed E-state index contributed by atoms with van der Waals surface area (Å²) in [6, 6.07) is 7.91. The molecule has 0 bridgehead atoms. The highest BCUT2D eigenvalue weighted by atomic mass is 35.5. The van der Waals surface area contributed by atoms with Gasteiger partial charge in [0.05, 0.1) is 22.7 Å². The number of allylic oxidation sites excluding steroid dienone is 2. The summed E-state index contributed by atoms with van der Waals surface area (Å²) in [4.78, 5) is 16.6. The largest absolute Gasteiger partial charge is 0.357 e. The highest BCUT2D eigenvalue weighted by Crippen LogP contribution is 2.33. The van der Waals surface area contributed by atoms with E-state index in [9.17, 15) is 4.79 Å². The molecule has 94 valence electrons. The number of aliphatic imine (C=N–C) groups is 1. The molecular weight excluding hydrogens is 248 g/mol. The summed E-state index contributed by atoms with van der Waals surface area (Å²) in [5.41, 5.74) is 4.57. The zero-order chi connectivity index (χ0) is 11.8. The van der Waals surface area contributed by atoms with E-state index in [0.29, 0.717) is 6.42 Å². The lowest BCUT2D eigenvalue weighted by Gasteiger charge is -2.16. The van der Waals surface area contributed by atoms with Crippen LogP contribution < -0.4 is 5.32 Å². The van der Waals surface area contributed by atoms with Crippen molar-refractivity contribution < 1.29 is 4.79 Å². The second-order valence-corrected chi connectivity index (χ2v) is 4.48. The SMILES string of the molecule is CC1=C2C(=O)CCCC2=Nc2ccccc2N1.Cl. The molecule has 1 N–H and O–H groups in total. The van der Waals surface area contributed by atoms with Crippen LogP contribution in [0.1, 0.15) is 26.2 Å². The van der Waals surface area contributed by atoms with Crippen molar-refractivity contribution in [2.45, 2.75) is 26.2 Å². The van der Waals surface area contributed by atoms with Crippen LogP contribution >= 0.6 is 12.4 Å². The number of nitrogens with zero attached hydrogens (tertiary/aromatic N) is 1. The molecule has 1 fully saturated rings. The van der Waals surface area contributed by atoms with E-state index in [1.807, 2.05) is 31.2 Å². The van der Waals surface area contributed by atoms with E-state index in [0.717, 1.165) is 41.2 Å². The average molecular weight is 263 g/mol. The fourth-order valence-corrected chi connectivity index (χ4v) is 2.45. The molecule has 0 aromatic heterocycles. The van der Waals surface area contributed by atoms with Crippen molar-refractivity contribution in [2.24, 2.45) is 4.99 Å². The molecule has 1 saturated carbocycles. The predicted molar refractivity (Wildman–Crippen MR) is 76.0 cm³/mol. The van der Waals surface area contributed by atoms with E-state index in [-0.39, 0.29) is 18.2 Å². The second kappa shape index (κ2) is 4.94. The number of hydrogen-bond donors (Lipinski definition) is 1. The van der Waals surface area contributed by atoms with Gasteiger partial charge in [-0.3, -0.25) is 9.79 Å². The molecule has 0 spiro atoms. The Morgan fingerprint density at radius 2 is 2.00 bits per heavy atom. The van der Waals surface area contributed by atoms with Gasteiger partial charge in [0, 0.05) is 12.1 Å². The summed E-state index contributed by atoms with van der Waals surface area (Å²) in [6.07, 6.45) is 2.45. The third kappa shape index (κ3) is 2.06. The minimum atomic E-state index is 0. The molecule has 1 aromatic rings. The number of hydrogen-bond acceptors (Lipinski definition) is 3. The van der Waals surface area contributed by atoms with Crippen LogP contribution in [-0.4, -0.2) is 11.5 Å². The molecule has 3 nitrogen and oxygen atoms in total. The summed E-state index contributed by atoms with van der Waals surface area (Å²) in [5, 5.41) is 3.30. The summed E-state index contributed by atoms with van der Waals surface area (Å²) in [7, 11) is 0. The lowest BCUT2D eigenvalue weighted by Crippen LogP contribution is -2.21. The van der Waals surface area contributed by atoms with Crippen LogP contribution in [0, 0.1) is 0 Å². The number of carbonyl (C=O) groups is 1. The second-order valence-electron chi connectivity index (χ2n) is 4.48. The van der Waals surface area contributed by atoms with Crippen molar-refractivity contribution in [3.05, 3.63) is 35.5 Å². The summed E-state index contributed by atoms with van der Waals surface area (Å²) in [5.74, 6) is 0.216. The molecule has 0 unspecified atom stereocenters. The number of fused-ring (bicyclic) bond motifs is 2. The number of ketones is 1. The van der Waals surface area contributed by atoms with Gasteiger partial charge in [0.15, 0.2) is 5.78 Å². The first kappa shape index (κ1) is 12.8. The minimum Gasteiger partial charge on any atom is -0.357 e. The first-order valence-electron chi connectivity index (χ1n) is 5.94. The fourth-order valence-electron chi connectivity index (χ4n) is 2.45. The zero-order valence-electron chi connectivity index (χ0n) is 10.2. The van der Waals surface area contributed by atoms with Crippen molar-refractivity contribution in [1.82, 2.24) is 0 Å². The van der Waals surface area contributed by atoms with Gasteiger partial charge < -0.3 is 5.32 Å². The van der Waals surface area contributed by atoms with Gasteiger partial charge in [0.2, 0.25) is 0 Å². The first-order valence-corrected chi connectivity index (χ1v) is 5.94. The Morgan fingerprint density at radius 1 is 1.22 bits per heavy atom. The summed E-state index contributed by atoms with van der Waals surface area (Å²) in [6.45, 7) is 1.95. The van der Waals surface area contributed by atoms with E-state index in [2.05, 4.69) is 10.3 Å². The molecule has 4 heteroatoms. The van der Waals surface area contributed by atoms with E-state index in [4.69, 9.17) is 0 Å². The molecule has 0 amide bonds. The van der Waals surface area contributed by atoms with Crippen LogP contribution in [-0.2, 0) is 4.79 Å². The van der Waals surface area contributed by atoms with Crippen LogP contribution in [0.15, 0.2) is 40.5 Å². The number of benzene rings is 1. The first-order chi connectivity index (χ1) is 8.25. The molecule has 3 rings (SSSR count). The van der Waals surface area contributed by atoms with Gasteiger partial charge in [-0.2, -0.15) is 0 Å². The Labute approximate surface area is 112 Å². The molecular formula is C14H15ClN2O. The number of nitrogens with one attached hydrogen (secondary N) is 1. The third-order valence-corrected chi connectivity index (χ3v) is 3.24. The Balaban J connectivity index is 0.00000120. The lowest BCUT2D eigenvalue weighted by atomic mass is 9.90. The van der Waals surface area contributed by atoms with Gasteiger partial charge in [0.1, 0.15) is 0 Å². The van der Waals surface area contributed by atoms with Crippen LogP contribution in [0.25, 0.3) is 0 Å². The van der Waals surface area contributed by atoms with E-state index in [1.165, 1.54) is 0 Å². The van der Waals surface area contributed by atoms with Gasteiger partial charge in [0.25, 0.3) is 0 Å². The molecule has 1 aliphatic heterocycles. The molecule has 1 heterocycles. The number of carbonyl (C=O) groups excluding carboxylic acids is 1. The molecule has 0 atom stereocenters. The number of para-hydroxylation sites is 2. The zero-order valence-corrected chi connectivity index (χ0v) is 11.0. The number of anilines is 1. The number of halogens is 1. The highest BCUT2D eigenvalue weighted by Gasteiger charge is 2.26. The van der Waals surface area contributed by atoms with Crippen molar-refractivity contribution in [1.29, 1.82) is 0 Å². The molecule has 2 aliphatic rings. The summed E-state index contributed by atoms with van der Waals surface area (Å²) < 4.78 is 0. The van der Waals surface area contributed by atoms with Crippen molar-refractivity contribution >= 4 is 35.3 Å².